The fraction of sp³-hybridized carbons (Fsp3) is 0.167. The van der Waals surface area contributed by atoms with Gasteiger partial charge >= 0.3 is 0 Å². The molecule has 2 heterocycles. The third kappa shape index (κ3) is 2.70. The number of hydrogen-bond donors (Lipinski definition) is 3. The predicted octanol–water partition coefficient (Wildman–Crippen LogP) is 3.66. The molecule has 0 aliphatic rings. The molecular formula is C18H19BrN4O2. The number of amidine groups is 1. The zero-order chi connectivity index (χ0) is 18.3. The van der Waals surface area contributed by atoms with E-state index in [2.05, 4.69) is 25.7 Å². The Morgan fingerprint density at radius 3 is 2.16 bits per heavy atom. The zero-order valence-electron chi connectivity index (χ0n) is 14.2. The average molecular weight is 403 g/mol. The van der Waals surface area contributed by atoms with Crippen LogP contribution in [0.15, 0.2) is 46.2 Å². The number of phenolic OH excluding ortho intramolecular Hbond substituents is 1. The molecule has 0 aliphatic carbocycles. The maximum Gasteiger partial charge on any atom is 0.188 e. The largest absolute Gasteiger partial charge is 0.508 e. The van der Waals surface area contributed by atoms with Gasteiger partial charge in [0.15, 0.2) is 5.84 Å². The highest BCUT2D eigenvalue weighted by Gasteiger charge is 2.26. The Bertz CT molecular complexity index is 949. The Morgan fingerprint density at radius 2 is 1.64 bits per heavy atom. The number of halogens is 1. The quantitative estimate of drug-likeness (QED) is 0.270. The zero-order valence-corrected chi connectivity index (χ0v) is 15.7. The molecule has 1 aromatic carbocycles. The van der Waals surface area contributed by atoms with Gasteiger partial charge in [-0.05, 0) is 59.6 Å². The Balaban J connectivity index is 2.45. The Labute approximate surface area is 153 Å². The lowest BCUT2D eigenvalue weighted by Crippen LogP contribution is -2.20. The lowest BCUT2D eigenvalue weighted by Gasteiger charge is -2.14. The molecule has 3 aromatic rings. The number of aromatic nitrogens is 2. The first-order chi connectivity index (χ1) is 11.9. The first-order valence-electron chi connectivity index (χ1n) is 7.67. The first kappa shape index (κ1) is 17.2. The van der Waals surface area contributed by atoms with Crippen molar-refractivity contribution in [2.24, 2.45) is 17.9 Å². The summed E-state index contributed by atoms with van der Waals surface area (Å²) in [5.41, 5.74) is 11.3. The fourth-order valence-corrected chi connectivity index (χ4v) is 3.70. The topological polar surface area (TPSA) is 88.7 Å². The second-order valence-electron chi connectivity index (χ2n) is 5.91. The number of hydrogen-bond acceptors (Lipinski definition) is 3. The number of rotatable bonds is 3. The Kier molecular flexibility index (Phi) is 4.34. The lowest BCUT2D eigenvalue weighted by atomic mass is 10.1. The number of aromatic hydroxyl groups is 1. The first-order valence-corrected chi connectivity index (χ1v) is 8.47. The van der Waals surface area contributed by atoms with Crippen LogP contribution in [-0.2, 0) is 7.05 Å². The molecule has 6 nitrogen and oxygen atoms in total. The number of aryl methyl sites for hydroxylation is 2. The fourth-order valence-electron chi connectivity index (χ4n) is 3.10. The van der Waals surface area contributed by atoms with Crippen molar-refractivity contribution in [2.75, 3.05) is 0 Å². The molecule has 0 aliphatic heterocycles. The van der Waals surface area contributed by atoms with Gasteiger partial charge in [0.1, 0.15) is 11.4 Å². The van der Waals surface area contributed by atoms with E-state index in [0.29, 0.717) is 5.69 Å². The van der Waals surface area contributed by atoms with Gasteiger partial charge in [-0.25, -0.2) is 0 Å². The van der Waals surface area contributed by atoms with Gasteiger partial charge in [-0.2, -0.15) is 0 Å². The number of nitrogens with zero attached hydrogens (tertiary/aromatic N) is 3. The van der Waals surface area contributed by atoms with Crippen LogP contribution in [0.1, 0.15) is 17.1 Å². The van der Waals surface area contributed by atoms with Crippen molar-refractivity contribution in [3.63, 3.8) is 0 Å². The van der Waals surface area contributed by atoms with Crippen LogP contribution in [0.3, 0.4) is 0 Å². The van der Waals surface area contributed by atoms with Crippen molar-refractivity contribution in [1.29, 1.82) is 0 Å². The van der Waals surface area contributed by atoms with Crippen LogP contribution in [0.5, 0.6) is 5.75 Å². The minimum atomic E-state index is 0.0238. The van der Waals surface area contributed by atoms with Crippen LogP contribution < -0.4 is 5.73 Å². The van der Waals surface area contributed by atoms with Gasteiger partial charge < -0.3 is 25.2 Å². The van der Waals surface area contributed by atoms with Crippen molar-refractivity contribution in [2.45, 2.75) is 13.8 Å². The van der Waals surface area contributed by atoms with Gasteiger partial charge in [-0.1, -0.05) is 17.3 Å². The van der Waals surface area contributed by atoms with E-state index in [-0.39, 0.29) is 11.6 Å². The van der Waals surface area contributed by atoms with Crippen LogP contribution >= 0.6 is 15.9 Å². The molecule has 0 radical (unpaired) electrons. The summed E-state index contributed by atoms with van der Waals surface area (Å²) in [5.74, 6) is 0.220. The van der Waals surface area contributed by atoms with E-state index in [4.69, 9.17) is 5.73 Å². The third-order valence-electron chi connectivity index (χ3n) is 4.30. The number of nitrogens with two attached hydrogens (primary N) is 1. The van der Waals surface area contributed by atoms with Gasteiger partial charge in [0.25, 0.3) is 0 Å². The van der Waals surface area contributed by atoms with Crippen molar-refractivity contribution in [3.05, 3.63) is 58.1 Å². The normalized spacial score (nSPS) is 11.9. The van der Waals surface area contributed by atoms with E-state index in [1.54, 1.807) is 12.1 Å². The van der Waals surface area contributed by atoms with Gasteiger partial charge in [0.2, 0.25) is 0 Å². The van der Waals surface area contributed by atoms with E-state index in [9.17, 15) is 10.3 Å². The van der Waals surface area contributed by atoms with Crippen LogP contribution in [0.25, 0.3) is 16.8 Å². The number of oxime groups is 1. The van der Waals surface area contributed by atoms with Gasteiger partial charge in [0.05, 0.1) is 10.3 Å². The smallest absolute Gasteiger partial charge is 0.188 e. The molecule has 4 N–H and O–H groups in total. The molecule has 0 unspecified atom stereocenters. The van der Waals surface area contributed by atoms with Gasteiger partial charge in [0, 0.05) is 24.0 Å². The third-order valence-corrected chi connectivity index (χ3v) is 5.23. The van der Waals surface area contributed by atoms with Crippen molar-refractivity contribution in [3.8, 4) is 22.6 Å². The number of phenols is 1. The second-order valence-corrected chi connectivity index (χ2v) is 6.66. The standard InChI is InChI=1S/C18H19BrN4O2/c1-10-4-5-11(2)23(10)15-14(12-6-8-13(24)9-7-12)17(19)22(3)16(15)18(20)21-25/h4-9,24-25H,1-3H3,(H2,20,21). The van der Waals surface area contributed by atoms with Crippen molar-refractivity contribution in [1.82, 2.24) is 9.13 Å². The highest BCUT2D eigenvalue weighted by molar-refractivity contribution is 9.10. The minimum Gasteiger partial charge on any atom is -0.508 e. The Morgan fingerprint density at radius 1 is 1.08 bits per heavy atom. The maximum absolute atomic E-state index is 9.61. The van der Waals surface area contributed by atoms with E-state index >= 15 is 0 Å². The summed E-state index contributed by atoms with van der Waals surface area (Å²) in [5, 5.41) is 22.1. The summed E-state index contributed by atoms with van der Waals surface area (Å²) in [6, 6.07) is 11.0. The van der Waals surface area contributed by atoms with Crippen LogP contribution in [-0.4, -0.2) is 25.3 Å². The molecule has 3 rings (SSSR count). The average Bonchev–Trinajstić information content (AvgIpc) is 3.05. The summed E-state index contributed by atoms with van der Waals surface area (Å²) < 4.78 is 4.70. The molecule has 0 bridgehead atoms. The van der Waals surface area contributed by atoms with E-state index in [1.807, 2.05) is 49.7 Å². The number of benzene rings is 1. The monoisotopic (exact) mass is 402 g/mol. The van der Waals surface area contributed by atoms with E-state index in [0.717, 1.165) is 32.8 Å². The molecular weight excluding hydrogens is 384 g/mol. The molecule has 130 valence electrons. The van der Waals surface area contributed by atoms with Crippen LogP contribution in [0, 0.1) is 13.8 Å². The molecule has 0 saturated carbocycles. The predicted molar refractivity (Wildman–Crippen MR) is 102 cm³/mol. The molecule has 25 heavy (non-hydrogen) atoms. The highest BCUT2D eigenvalue weighted by Crippen LogP contribution is 2.40. The summed E-state index contributed by atoms with van der Waals surface area (Å²) >= 11 is 3.63. The summed E-state index contributed by atoms with van der Waals surface area (Å²) in [4.78, 5) is 0. The van der Waals surface area contributed by atoms with Crippen molar-refractivity contribution >= 4 is 21.8 Å². The van der Waals surface area contributed by atoms with Crippen LogP contribution in [0.4, 0.5) is 0 Å². The summed E-state index contributed by atoms with van der Waals surface area (Å²) in [6.07, 6.45) is 0. The van der Waals surface area contributed by atoms with Crippen LogP contribution in [0.2, 0.25) is 0 Å². The molecule has 0 saturated heterocycles. The van der Waals surface area contributed by atoms with Crippen molar-refractivity contribution < 1.29 is 10.3 Å². The summed E-state index contributed by atoms with van der Waals surface area (Å²) in [6.45, 7) is 4.01. The van der Waals surface area contributed by atoms with E-state index < -0.39 is 0 Å². The molecule has 2 aromatic heterocycles. The molecule has 0 spiro atoms. The van der Waals surface area contributed by atoms with Gasteiger partial charge in [-0.3, -0.25) is 0 Å². The van der Waals surface area contributed by atoms with Gasteiger partial charge in [-0.15, -0.1) is 0 Å². The maximum atomic E-state index is 9.61. The highest BCUT2D eigenvalue weighted by atomic mass is 79.9. The lowest BCUT2D eigenvalue weighted by molar-refractivity contribution is 0.318. The second kappa shape index (κ2) is 6.33. The molecule has 7 heteroatoms. The summed E-state index contributed by atoms with van der Waals surface area (Å²) in [7, 11) is 1.85. The van der Waals surface area contributed by atoms with E-state index in [1.165, 1.54) is 0 Å². The molecule has 0 fully saturated rings. The SMILES string of the molecule is Cc1ccc(C)n1-c1c(-c2ccc(O)cc2)c(Br)n(C)c1C(N)=NO. The molecule has 0 amide bonds. The minimum absolute atomic E-state index is 0.0238. The molecule has 0 atom stereocenters. The Hall–Kier alpha value is -2.67.